The van der Waals surface area contributed by atoms with Crippen molar-refractivity contribution < 1.29 is 14.0 Å². The van der Waals surface area contributed by atoms with Gasteiger partial charge in [0.1, 0.15) is 6.10 Å². The van der Waals surface area contributed by atoms with E-state index < -0.39 is 22.7 Å². The highest BCUT2D eigenvalue weighted by Crippen LogP contribution is 2.37. The molecule has 35 heavy (non-hydrogen) atoms. The van der Waals surface area contributed by atoms with Crippen LogP contribution in [0.15, 0.2) is 72.8 Å². The van der Waals surface area contributed by atoms with Crippen LogP contribution in [0.2, 0.25) is 23.2 Å². The van der Waals surface area contributed by atoms with E-state index in [1.54, 1.807) is 6.08 Å². The first-order chi connectivity index (χ1) is 16.3. The van der Waals surface area contributed by atoms with Crippen LogP contribution < -0.4 is 10.4 Å². The van der Waals surface area contributed by atoms with Crippen molar-refractivity contribution in [1.82, 2.24) is 0 Å². The number of hydrogen-bond acceptors (Lipinski definition) is 3. The highest BCUT2D eigenvalue weighted by Gasteiger charge is 2.49. The van der Waals surface area contributed by atoms with Crippen LogP contribution in [0.3, 0.4) is 0 Å². The van der Waals surface area contributed by atoms with Crippen LogP contribution in [0.5, 0.6) is 0 Å². The standard InChI is InChI=1S/C30H44O3Si2/c1-29(2,3)34(7,8)32-25-23-26(31)18-12-11-17-24-33-35(30(4,5)6,27-19-13-9-14-20-27)28-21-15-10-16-22-28/h9-11,13-17,19-22,26,31H,23-25H2,1-8H3/b17-11+. The number of rotatable bonds is 9. The molecule has 0 spiro atoms. The maximum Gasteiger partial charge on any atom is 0.261 e. The highest BCUT2D eigenvalue weighted by atomic mass is 28.4. The van der Waals surface area contributed by atoms with Gasteiger partial charge < -0.3 is 14.0 Å². The normalized spacial score (nSPS) is 14.0. The Labute approximate surface area is 215 Å². The molecule has 0 amide bonds. The second kappa shape index (κ2) is 12.3. The Morgan fingerprint density at radius 1 is 0.829 bits per heavy atom. The summed E-state index contributed by atoms with van der Waals surface area (Å²) in [6, 6.07) is 21.2. The lowest BCUT2D eigenvalue weighted by Gasteiger charge is -2.42. The number of aliphatic hydroxyl groups excluding tert-OH is 1. The molecule has 1 unspecified atom stereocenters. The molecule has 0 heterocycles. The van der Waals surface area contributed by atoms with Crippen LogP contribution in [0, 0.1) is 11.8 Å². The Hall–Kier alpha value is -1.95. The zero-order chi connectivity index (χ0) is 26.2. The van der Waals surface area contributed by atoms with Gasteiger partial charge in [0.2, 0.25) is 0 Å². The average molecular weight is 509 g/mol. The lowest BCUT2D eigenvalue weighted by molar-refractivity contribution is 0.179. The highest BCUT2D eigenvalue weighted by molar-refractivity contribution is 6.99. The molecule has 0 radical (unpaired) electrons. The van der Waals surface area contributed by atoms with Crippen LogP contribution in [-0.4, -0.2) is 41.1 Å². The van der Waals surface area contributed by atoms with E-state index in [-0.39, 0.29) is 10.1 Å². The van der Waals surface area contributed by atoms with Crippen molar-refractivity contribution in [3.8, 4) is 11.8 Å². The van der Waals surface area contributed by atoms with Gasteiger partial charge in [-0.15, -0.1) is 0 Å². The number of allylic oxidation sites excluding steroid dienone is 1. The van der Waals surface area contributed by atoms with Gasteiger partial charge in [-0.05, 0) is 39.6 Å². The molecule has 0 bridgehead atoms. The fourth-order valence-corrected chi connectivity index (χ4v) is 9.46. The van der Waals surface area contributed by atoms with E-state index in [4.69, 9.17) is 8.85 Å². The molecule has 0 saturated carbocycles. The minimum Gasteiger partial charge on any atom is -0.417 e. The van der Waals surface area contributed by atoms with Gasteiger partial charge in [-0.2, -0.15) is 0 Å². The zero-order valence-corrected chi connectivity index (χ0v) is 24.9. The van der Waals surface area contributed by atoms with Crippen molar-refractivity contribution in [2.45, 2.75) is 77.2 Å². The Bertz CT molecular complexity index is 952. The van der Waals surface area contributed by atoms with E-state index in [1.807, 2.05) is 6.08 Å². The van der Waals surface area contributed by atoms with E-state index in [0.717, 1.165) is 0 Å². The molecule has 2 rings (SSSR count). The summed E-state index contributed by atoms with van der Waals surface area (Å²) in [6.07, 6.45) is 3.56. The molecule has 3 nitrogen and oxygen atoms in total. The quantitative estimate of drug-likeness (QED) is 0.339. The first kappa shape index (κ1) is 29.3. The fraction of sp³-hybridized carbons (Fsp3) is 0.467. The smallest absolute Gasteiger partial charge is 0.261 e. The summed E-state index contributed by atoms with van der Waals surface area (Å²) in [6.45, 7) is 18.9. The molecule has 2 aromatic carbocycles. The summed E-state index contributed by atoms with van der Waals surface area (Å²) in [4.78, 5) is 0. The number of hydrogen-bond donors (Lipinski definition) is 1. The zero-order valence-electron chi connectivity index (χ0n) is 22.9. The predicted molar refractivity (Wildman–Crippen MR) is 154 cm³/mol. The average Bonchev–Trinajstić information content (AvgIpc) is 2.78. The van der Waals surface area contributed by atoms with E-state index in [1.165, 1.54) is 10.4 Å². The summed E-state index contributed by atoms with van der Waals surface area (Å²) in [5.41, 5.74) is 0. The molecule has 1 atom stereocenters. The van der Waals surface area contributed by atoms with Gasteiger partial charge in [0.25, 0.3) is 8.32 Å². The topological polar surface area (TPSA) is 38.7 Å². The second-order valence-electron chi connectivity index (χ2n) is 11.6. The molecular formula is C30H44O3Si2. The molecule has 0 aliphatic carbocycles. The SMILES string of the molecule is CC(C)(C)[Si](C)(C)OCCC(O)C#C/C=C/CO[Si](c1ccccc1)(c1ccccc1)C(C)(C)C. The van der Waals surface area contributed by atoms with Gasteiger partial charge in [0, 0.05) is 13.0 Å². The van der Waals surface area contributed by atoms with Crippen molar-refractivity contribution in [1.29, 1.82) is 0 Å². The molecule has 1 N–H and O–H groups in total. The third-order valence-corrected chi connectivity index (χ3v) is 16.5. The van der Waals surface area contributed by atoms with Crippen molar-refractivity contribution in [2.75, 3.05) is 13.2 Å². The largest absolute Gasteiger partial charge is 0.417 e. The Balaban J connectivity index is 2.07. The first-order valence-electron chi connectivity index (χ1n) is 12.5. The molecule has 0 aliphatic rings. The molecule has 0 aromatic heterocycles. The molecular weight excluding hydrogens is 464 g/mol. The van der Waals surface area contributed by atoms with E-state index in [2.05, 4.69) is 127 Å². The number of aliphatic hydroxyl groups is 1. The van der Waals surface area contributed by atoms with Crippen molar-refractivity contribution in [2.24, 2.45) is 0 Å². The van der Waals surface area contributed by atoms with Gasteiger partial charge in [-0.25, -0.2) is 0 Å². The van der Waals surface area contributed by atoms with E-state index in [9.17, 15) is 5.11 Å². The summed E-state index contributed by atoms with van der Waals surface area (Å²) in [5, 5.41) is 12.9. The maximum atomic E-state index is 10.2. The second-order valence-corrected chi connectivity index (χ2v) is 20.7. The third-order valence-electron chi connectivity index (χ3n) is 6.92. The molecule has 2 aromatic rings. The van der Waals surface area contributed by atoms with Gasteiger partial charge in [0.05, 0.1) is 6.61 Å². The molecule has 190 valence electrons. The van der Waals surface area contributed by atoms with Gasteiger partial charge in [0.15, 0.2) is 8.32 Å². The summed E-state index contributed by atoms with van der Waals surface area (Å²) < 4.78 is 13.0. The summed E-state index contributed by atoms with van der Waals surface area (Å²) >= 11 is 0. The minimum atomic E-state index is -2.54. The number of benzene rings is 2. The molecule has 0 saturated heterocycles. The molecule has 0 aliphatic heterocycles. The van der Waals surface area contributed by atoms with Gasteiger partial charge in [-0.1, -0.05) is 120 Å². The Morgan fingerprint density at radius 3 is 1.80 bits per heavy atom. The van der Waals surface area contributed by atoms with Crippen LogP contribution in [0.25, 0.3) is 0 Å². The lowest BCUT2D eigenvalue weighted by atomic mass is 10.2. The minimum absolute atomic E-state index is 0.0600. The predicted octanol–water partition coefficient (Wildman–Crippen LogP) is 5.90. The monoisotopic (exact) mass is 508 g/mol. The van der Waals surface area contributed by atoms with Crippen LogP contribution in [-0.2, 0) is 8.85 Å². The van der Waals surface area contributed by atoms with Crippen molar-refractivity contribution in [3.63, 3.8) is 0 Å². The summed E-state index contributed by atoms with van der Waals surface area (Å²) in [7, 11) is -4.34. The Morgan fingerprint density at radius 2 is 1.34 bits per heavy atom. The van der Waals surface area contributed by atoms with Crippen LogP contribution in [0.1, 0.15) is 48.0 Å². The van der Waals surface area contributed by atoms with Crippen LogP contribution >= 0.6 is 0 Å². The van der Waals surface area contributed by atoms with Gasteiger partial charge >= 0.3 is 0 Å². The van der Waals surface area contributed by atoms with Crippen molar-refractivity contribution >= 4 is 27.0 Å². The summed E-state index contributed by atoms with van der Waals surface area (Å²) in [5.74, 6) is 5.89. The van der Waals surface area contributed by atoms with Gasteiger partial charge in [-0.3, -0.25) is 0 Å². The molecule has 0 fully saturated rings. The lowest BCUT2D eigenvalue weighted by Crippen LogP contribution is -2.66. The molecule has 5 heteroatoms. The maximum absolute atomic E-state index is 10.2. The third kappa shape index (κ3) is 7.77. The Kier molecular flexibility index (Phi) is 10.3. The van der Waals surface area contributed by atoms with E-state index >= 15 is 0 Å². The fourth-order valence-electron chi connectivity index (χ4n) is 3.90. The van der Waals surface area contributed by atoms with Crippen molar-refractivity contribution in [3.05, 3.63) is 72.8 Å². The first-order valence-corrected chi connectivity index (χ1v) is 17.4. The van der Waals surface area contributed by atoms with Crippen LogP contribution in [0.4, 0.5) is 0 Å². The van der Waals surface area contributed by atoms with E-state index in [0.29, 0.717) is 19.6 Å².